The van der Waals surface area contributed by atoms with E-state index in [0.717, 1.165) is 5.56 Å². The van der Waals surface area contributed by atoms with E-state index in [9.17, 15) is 13.5 Å². The number of rotatable bonds is 8. The lowest BCUT2D eigenvalue weighted by Gasteiger charge is -2.11. The van der Waals surface area contributed by atoms with Crippen molar-refractivity contribution in [3.05, 3.63) is 46.7 Å². The molecule has 0 aliphatic rings. The van der Waals surface area contributed by atoms with Crippen molar-refractivity contribution < 1.29 is 18.3 Å². The Balaban J connectivity index is 1.90. The normalized spacial score (nSPS) is 13.0. The summed E-state index contributed by atoms with van der Waals surface area (Å²) in [6.07, 6.45) is -0.332. The number of ether oxygens (including phenoxy) is 1. The van der Waals surface area contributed by atoms with E-state index in [2.05, 4.69) is 4.72 Å². The minimum atomic E-state index is -3.57. The van der Waals surface area contributed by atoms with E-state index in [1.807, 2.05) is 23.8 Å². The second-order valence-corrected chi connectivity index (χ2v) is 7.21. The van der Waals surface area contributed by atoms with Crippen molar-refractivity contribution in [1.29, 1.82) is 0 Å². The number of benzene rings is 1. The summed E-state index contributed by atoms with van der Waals surface area (Å²) in [6, 6.07) is 8.08. The Kier molecular flexibility index (Phi) is 5.96. The molecular formula is C15H19NO4S2. The molecule has 1 aromatic carbocycles. The molecule has 22 heavy (non-hydrogen) atoms. The van der Waals surface area contributed by atoms with Crippen molar-refractivity contribution in [1.82, 2.24) is 4.72 Å². The highest BCUT2D eigenvalue weighted by Crippen LogP contribution is 2.19. The number of aliphatic hydroxyl groups excluding tert-OH is 1. The molecule has 1 unspecified atom stereocenters. The van der Waals surface area contributed by atoms with E-state index in [4.69, 9.17) is 4.74 Å². The van der Waals surface area contributed by atoms with Crippen LogP contribution in [-0.2, 0) is 10.0 Å². The average molecular weight is 341 g/mol. The van der Waals surface area contributed by atoms with E-state index < -0.39 is 16.1 Å². The third-order valence-corrected chi connectivity index (χ3v) is 5.26. The number of sulfonamides is 1. The van der Waals surface area contributed by atoms with Crippen molar-refractivity contribution in [2.24, 2.45) is 0 Å². The largest absolute Gasteiger partial charge is 0.494 e. The standard InChI is InChI=1S/C15H19NO4S2/c1-2-20-13-3-5-14(6-4-13)22(18,19)16-9-7-15(17)12-8-10-21-11-12/h3-6,8,10-11,15-17H,2,7,9H2,1H3. The van der Waals surface area contributed by atoms with Gasteiger partial charge in [-0.2, -0.15) is 11.3 Å². The zero-order chi connectivity index (χ0) is 16.0. The summed E-state index contributed by atoms with van der Waals surface area (Å²) < 4.78 is 32.1. The fourth-order valence-electron chi connectivity index (χ4n) is 1.93. The molecule has 0 fully saturated rings. The Hall–Kier alpha value is -1.41. The number of hydrogen-bond donors (Lipinski definition) is 2. The number of hydrogen-bond acceptors (Lipinski definition) is 5. The quantitative estimate of drug-likeness (QED) is 0.774. The molecule has 0 aliphatic carbocycles. The molecule has 2 N–H and O–H groups in total. The zero-order valence-electron chi connectivity index (χ0n) is 12.2. The van der Waals surface area contributed by atoms with Crippen LogP contribution in [0.5, 0.6) is 5.75 Å². The van der Waals surface area contributed by atoms with Gasteiger partial charge in [0, 0.05) is 6.54 Å². The molecule has 0 radical (unpaired) electrons. The van der Waals surface area contributed by atoms with Crippen LogP contribution in [0, 0.1) is 0 Å². The second kappa shape index (κ2) is 7.73. The van der Waals surface area contributed by atoms with E-state index in [1.54, 1.807) is 12.1 Å². The second-order valence-electron chi connectivity index (χ2n) is 4.66. The predicted molar refractivity (Wildman–Crippen MR) is 86.7 cm³/mol. The minimum Gasteiger partial charge on any atom is -0.494 e. The van der Waals surface area contributed by atoms with Gasteiger partial charge in [-0.05, 0) is 60.0 Å². The zero-order valence-corrected chi connectivity index (χ0v) is 13.9. The highest BCUT2D eigenvalue weighted by atomic mass is 32.2. The van der Waals surface area contributed by atoms with Crippen LogP contribution in [0.15, 0.2) is 46.0 Å². The number of nitrogens with one attached hydrogen (secondary N) is 1. The number of thiophene rings is 1. The van der Waals surface area contributed by atoms with Gasteiger partial charge in [0.2, 0.25) is 10.0 Å². The van der Waals surface area contributed by atoms with E-state index in [-0.39, 0.29) is 11.4 Å². The summed E-state index contributed by atoms with van der Waals surface area (Å²) in [6.45, 7) is 2.57. The first-order valence-electron chi connectivity index (χ1n) is 6.95. The summed E-state index contributed by atoms with van der Waals surface area (Å²) >= 11 is 1.50. The van der Waals surface area contributed by atoms with Gasteiger partial charge in [-0.1, -0.05) is 0 Å². The van der Waals surface area contributed by atoms with E-state index >= 15 is 0 Å². The summed E-state index contributed by atoms with van der Waals surface area (Å²) in [5, 5.41) is 13.7. The highest BCUT2D eigenvalue weighted by Gasteiger charge is 2.15. The van der Waals surface area contributed by atoms with Gasteiger partial charge >= 0.3 is 0 Å². The molecule has 5 nitrogen and oxygen atoms in total. The van der Waals surface area contributed by atoms with Crippen molar-refractivity contribution in [3.63, 3.8) is 0 Å². The Morgan fingerprint density at radius 3 is 2.59 bits per heavy atom. The maximum absolute atomic E-state index is 12.1. The summed E-state index contributed by atoms with van der Waals surface area (Å²) in [5.74, 6) is 0.634. The molecule has 0 spiro atoms. The minimum absolute atomic E-state index is 0.173. The van der Waals surface area contributed by atoms with Crippen molar-refractivity contribution in [2.45, 2.75) is 24.3 Å². The van der Waals surface area contributed by atoms with Crippen LogP contribution in [0.4, 0.5) is 0 Å². The summed E-state index contributed by atoms with van der Waals surface area (Å²) in [5.41, 5.74) is 0.810. The molecule has 1 heterocycles. The Bertz CT molecular complexity index is 666. The molecular weight excluding hydrogens is 322 g/mol. The van der Waals surface area contributed by atoms with Crippen LogP contribution in [0.25, 0.3) is 0 Å². The molecule has 1 aromatic heterocycles. The predicted octanol–water partition coefficient (Wildman–Crippen LogP) is 2.55. The third kappa shape index (κ3) is 4.54. The molecule has 2 aromatic rings. The fourth-order valence-corrected chi connectivity index (χ4v) is 3.68. The first kappa shape index (κ1) is 17.0. The van der Waals surface area contributed by atoms with Gasteiger partial charge in [-0.3, -0.25) is 0 Å². The SMILES string of the molecule is CCOc1ccc(S(=O)(=O)NCCC(O)c2ccsc2)cc1. The molecule has 0 saturated heterocycles. The maximum Gasteiger partial charge on any atom is 0.240 e. The van der Waals surface area contributed by atoms with Gasteiger partial charge in [0.15, 0.2) is 0 Å². The van der Waals surface area contributed by atoms with Crippen LogP contribution in [0.1, 0.15) is 25.0 Å². The van der Waals surface area contributed by atoms with Crippen LogP contribution in [0.3, 0.4) is 0 Å². The van der Waals surface area contributed by atoms with Gasteiger partial charge < -0.3 is 9.84 Å². The maximum atomic E-state index is 12.1. The Morgan fingerprint density at radius 1 is 1.27 bits per heavy atom. The molecule has 0 bridgehead atoms. The third-order valence-electron chi connectivity index (χ3n) is 3.08. The average Bonchev–Trinajstić information content (AvgIpc) is 3.02. The molecule has 1 atom stereocenters. The van der Waals surface area contributed by atoms with E-state index in [1.165, 1.54) is 23.5 Å². The highest BCUT2D eigenvalue weighted by molar-refractivity contribution is 7.89. The van der Waals surface area contributed by atoms with Crippen molar-refractivity contribution in [3.8, 4) is 5.75 Å². The van der Waals surface area contributed by atoms with Crippen LogP contribution in [0.2, 0.25) is 0 Å². The van der Waals surface area contributed by atoms with Gasteiger partial charge in [-0.15, -0.1) is 0 Å². The molecule has 0 saturated carbocycles. The summed E-state index contributed by atoms with van der Waals surface area (Å²) in [7, 11) is -3.57. The lowest BCUT2D eigenvalue weighted by molar-refractivity contribution is 0.169. The molecule has 0 aliphatic heterocycles. The lowest BCUT2D eigenvalue weighted by atomic mass is 10.1. The van der Waals surface area contributed by atoms with Crippen LogP contribution >= 0.6 is 11.3 Å². The lowest BCUT2D eigenvalue weighted by Crippen LogP contribution is -2.25. The van der Waals surface area contributed by atoms with Gasteiger partial charge in [-0.25, -0.2) is 13.1 Å². The molecule has 7 heteroatoms. The van der Waals surface area contributed by atoms with Crippen molar-refractivity contribution >= 4 is 21.4 Å². The fraction of sp³-hybridized carbons (Fsp3) is 0.333. The number of aliphatic hydroxyl groups is 1. The molecule has 0 amide bonds. The molecule has 2 rings (SSSR count). The van der Waals surface area contributed by atoms with Gasteiger partial charge in [0.05, 0.1) is 17.6 Å². The van der Waals surface area contributed by atoms with Crippen LogP contribution in [-0.4, -0.2) is 26.7 Å². The van der Waals surface area contributed by atoms with Gasteiger partial charge in [0.1, 0.15) is 5.75 Å². The van der Waals surface area contributed by atoms with Crippen molar-refractivity contribution in [2.75, 3.05) is 13.2 Å². The topological polar surface area (TPSA) is 75.6 Å². The van der Waals surface area contributed by atoms with E-state index in [0.29, 0.717) is 18.8 Å². The van der Waals surface area contributed by atoms with Gasteiger partial charge in [0.25, 0.3) is 0 Å². The first-order valence-corrected chi connectivity index (χ1v) is 9.38. The Morgan fingerprint density at radius 2 is 2.00 bits per heavy atom. The first-order chi connectivity index (χ1) is 10.5. The molecule has 120 valence electrons. The smallest absolute Gasteiger partial charge is 0.240 e. The van der Waals surface area contributed by atoms with Crippen LogP contribution < -0.4 is 9.46 Å². The Labute approximate surface area is 134 Å². The monoisotopic (exact) mass is 341 g/mol. The summed E-state index contributed by atoms with van der Waals surface area (Å²) in [4.78, 5) is 0.181.